The molecule has 3 heterocycles. The van der Waals surface area contributed by atoms with E-state index in [1.165, 1.54) is 65.5 Å². The molecule has 3 nitrogen and oxygen atoms in total. The molecule has 3 aromatic heterocycles. The first-order valence-corrected chi connectivity index (χ1v) is 16.5. The van der Waals surface area contributed by atoms with Gasteiger partial charge in [-0.3, -0.25) is 4.40 Å². The molecule has 0 aliphatic rings. The molecule has 0 spiro atoms. The smallest absolute Gasteiger partial charge is 0.163 e. The molecule has 0 saturated carbocycles. The highest BCUT2D eigenvalue weighted by Gasteiger charge is 2.23. The van der Waals surface area contributed by atoms with Crippen molar-refractivity contribution in [2.24, 2.45) is 0 Å². The molecule has 0 N–H and O–H groups in total. The predicted octanol–water partition coefficient (Wildman–Crippen LogP) is 11.8. The SMILES string of the molecule is c1ccc2cc(-c3ccc4c(c3)nc3c5c(-c6ccc7ccccc7c6)c6ccc7ccccc7c6n5c5ccccc5n43)ccc2c1. The normalized spacial score (nSPS) is 12.2. The van der Waals surface area contributed by atoms with Gasteiger partial charge in [0.25, 0.3) is 0 Å². The van der Waals surface area contributed by atoms with Gasteiger partial charge < -0.3 is 4.40 Å². The van der Waals surface area contributed by atoms with Gasteiger partial charge in [0.2, 0.25) is 0 Å². The van der Waals surface area contributed by atoms with Crippen molar-refractivity contribution in [2.45, 2.75) is 0 Å². The van der Waals surface area contributed by atoms with Gasteiger partial charge in [-0.1, -0.05) is 127 Å². The van der Waals surface area contributed by atoms with Gasteiger partial charge in [-0.2, -0.15) is 0 Å². The van der Waals surface area contributed by atoms with Crippen LogP contribution in [0.3, 0.4) is 0 Å². The lowest BCUT2D eigenvalue weighted by atomic mass is 9.98. The van der Waals surface area contributed by atoms with E-state index in [0.717, 1.165) is 33.2 Å². The van der Waals surface area contributed by atoms with Gasteiger partial charge >= 0.3 is 0 Å². The summed E-state index contributed by atoms with van der Waals surface area (Å²) >= 11 is 0. The zero-order valence-electron chi connectivity index (χ0n) is 25.9. The predicted molar refractivity (Wildman–Crippen MR) is 202 cm³/mol. The zero-order chi connectivity index (χ0) is 31.3. The van der Waals surface area contributed by atoms with E-state index in [1.807, 2.05) is 0 Å². The third-order valence-corrected chi connectivity index (χ3v) is 10.2. The van der Waals surface area contributed by atoms with Crippen molar-refractivity contribution < 1.29 is 0 Å². The number of rotatable bonds is 2. The monoisotopic (exact) mass is 609 g/mol. The van der Waals surface area contributed by atoms with E-state index in [2.05, 4.69) is 173 Å². The van der Waals surface area contributed by atoms with E-state index < -0.39 is 0 Å². The quantitative estimate of drug-likeness (QED) is 0.191. The summed E-state index contributed by atoms with van der Waals surface area (Å²) in [4.78, 5) is 5.51. The van der Waals surface area contributed by atoms with E-state index in [0.29, 0.717) is 0 Å². The minimum Gasteiger partial charge on any atom is -0.303 e. The summed E-state index contributed by atoms with van der Waals surface area (Å²) in [5, 5.41) is 8.65. The molecule has 0 bridgehead atoms. The minimum atomic E-state index is 0.961. The fourth-order valence-corrected chi connectivity index (χ4v) is 8.01. The summed E-state index contributed by atoms with van der Waals surface area (Å²) in [5.74, 6) is 0. The van der Waals surface area contributed by atoms with Gasteiger partial charge in [-0.15, -0.1) is 0 Å². The Hall–Kier alpha value is -6.45. The van der Waals surface area contributed by atoms with Crippen LogP contribution < -0.4 is 0 Å². The first-order chi connectivity index (χ1) is 23.8. The standard InChI is InChI=1S/C45H27N3/c1-3-12-31-25-33(19-17-28(31)9-1)34-22-24-39-38(27-34)46-45-44-42(35-20-18-29-10-2-4-13-32(29)26-35)37-23-21-30-11-5-6-14-36(30)43(37)48(44)41-16-8-7-15-40(41)47(39)45/h1-27H. The van der Waals surface area contributed by atoms with E-state index in [4.69, 9.17) is 4.98 Å². The first kappa shape index (κ1) is 25.7. The van der Waals surface area contributed by atoms with Crippen molar-refractivity contribution in [1.29, 1.82) is 0 Å². The summed E-state index contributed by atoms with van der Waals surface area (Å²) in [6.07, 6.45) is 0. The van der Waals surface area contributed by atoms with Crippen LogP contribution in [-0.2, 0) is 0 Å². The van der Waals surface area contributed by atoms with Gasteiger partial charge in [0.15, 0.2) is 5.65 Å². The fourth-order valence-electron chi connectivity index (χ4n) is 8.01. The van der Waals surface area contributed by atoms with E-state index in [1.54, 1.807) is 0 Å². The molecule has 0 atom stereocenters. The summed E-state index contributed by atoms with van der Waals surface area (Å²) in [5.41, 5.74) is 12.4. The second-order valence-corrected chi connectivity index (χ2v) is 12.8. The topological polar surface area (TPSA) is 21.7 Å². The number of fused-ring (bicyclic) bond motifs is 14. The third-order valence-electron chi connectivity index (χ3n) is 10.2. The van der Waals surface area contributed by atoms with Gasteiger partial charge in [0.1, 0.15) is 0 Å². The Labute approximate surface area is 275 Å². The Bertz CT molecular complexity index is 3120. The molecule has 3 heteroatoms. The maximum Gasteiger partial charge on any atom is 0.163 e. The summed E-state index contributed by atoms with van der Waals surface area (Å²) in [6, 6.07) is 59.5. The molecular formula is C45H27N3. The van der Waals surface area contributed by atoms with Crippen LogP contribution in [0.2, 0.25) is 0 Å². The maximum atomic E-state index is 5.51. The lowest BCUT2D eigenvalue weighted by Gasteiger charge is -2.11. The van der Waals surface area contributed by atoms with Crippen molar-refractivity contribution in [3.63, 3.8) is 0 Å². The Balaban J connectivity index is 1.32. The molecule has 0 unspecified atom stereocenters. The van der Waals surface area contributed by atoms with Crippen LogP contribution in [0.15, 0.2) is 164 Å². The van der Waals surface area contributed by atoms with E-state index in [-0.39, 0.29) is 0 Å². The fraction of sp³-hybridized carbons (Fsp3) is 0. The van der Waals surface area contributed by atoms with Crippen molar-refractivity contribution in [1.82, 2.24) is 13.8 Å². The molecule has 0 saturated heterocycles. The molecular weight excluding hydrogens is 583 g/mol. The minimum absolute atomic E-state index is 0.961. The van der Waals surface area contributed by atoms with Crippen molar-refractivity contribution >= 4 is 76.5 Å². The van der Waals surface area contributed by atoms with Gasteiger partial charge in [-0.25, -0.2) is 4.98 Å². The molecule has 0 aliphatic heterocycles. The summed E-state index contributed by atoms with van der Waals surface area (Å²) in [6.45, 7) is 0. The molecule has 11 rings (SSSR count). The van der Waals surface area contributed by atoms with Crippen LogP contribution >= 0.6 is 0 Å². The Morgan fingerprint density at radius 1 is 0.354 bits per heavy atom. The van der Waals surface area contributed by atoms with E-state index >= 15 is 0 Å². The van der Waals surface area contributed by atoms with Crippen molar-refractivity contribution in [3.05, 3.63) is 164 Å². The lowest BCUT2D eigenvalue weighted by Crippen LogP contribution is -1.97. The number of hydrogen-bond acceptors (Lipinski definition) is 1. The molecule has 8 aromatic carbocycles. The Kier molecular flexibility index (Phi) is 5.11. The molecule has 0 fully saturated rings. The van der Waals surface area contributed by atoms with Crippen LogP contribution in [0.1, 0.15) is 0 Å². The highest BCUT2D eigenvalue weighted by molar-refractivity contribution is 6.20. The number of imidazole rings is 1. The first-order valence-electron chi connectivity index (χ1n) is 16.5. The molecule has 48 heavy (non-hydrogen) atoms. The molecule has 11 aromatic rings. The van der Waals surface area contributed by atoms with E-state index in [9.17, 15) is 0 Å². The van der Waals surface area contributed by atoms with Crippen LogP contribution in [0.5, 0.6) is 0 Å². The average molecular weight is 610 g/mol. The van der Waals surface area contributed by atoms with Crippen molar-refractivity contribution in [3.8, 4) is 22.3 Å². The number of nitrogens with zero attached hydrogens (tertiary/aromatic N) is 3. The third kappa shape index (κ3) is 3.50. The van der Waals surface area contributed by atoms with Crippen LogP contribution in [0.4, 0.5) is 0 Å². The summed E-state index contributed by atoms with van der Waals surface area (Å²) in [7, 11) is 0. The molecule has 0 radical (unpaired) electrons. The number of para-hydroxylation sites is 2. The van der Waals surface area contributed by atoms with Crippen LogP contribution in [-0.4, -0.2) is 13.8 Å². The van der Waals surface area contributed by atoms with Crippen LogP contribution in [0, 0.1) is 0 Å². The lowest BCUT2D eigenvalue weighted by molar-refractivity contribution is 1.23. The van der Waals surface area contributed by atoms with Gasteiger partial charge in [-0.05, 0) is 80.0 Å². The largest absolute Gasteiger partial charge is 0.303 e. The number of aromatic nitrogens is 3. The maximum absolute atomic E-state index is 5.51. The molecule has 0 aliphatic carbocycles. The highest BCUT2D eigenvalue weighted by Crippen LogP contribution is 2.44. The van der Waals surface area contributed by atoms with Crippen LogP contribution in [0.25, 0.3) is 98.7 Å². The number of benzene rings is 8. The highest BCUT2D eigenvalue weighted by atomic mass is 15.1. The Morgan fingerprint density at radius 3 is 1.69 bits per heavy atom. The second-order valence-electron chi connectivity index (χ2n) is 12.8. The van der Waals surface area contributed by atoms with Crippen molar-refractivity contribution in [2.75, 3.05) is 0 Å². The molecule has 0 amide bonds. The Morgan fingerprint density at radius 2 is 0.917 bits per heavy atom. The summed E-state index contributed by atoms with van der Waals surface area (Å²) < 4.78 is 4.85. The molecule has 222 valence electrons. The zero-order valence-corrected chi connectivity index (χ0v) is 25.9. The van der Waals surface area contributed by atoms with Gasteiger partial charge in [0, 0.05) is 16.3 Å². The number of hydrogen-bond donors (Lipinski definition) is 0. The second kappa shape index (κ2) is 9.54. The average Bonchev–Trinajstić information content (AvgIpc) is 3.71. The van der Waals surface area contributed by atoms with Gasteiger partial charge in [0.05, 0.1) is 33.1 Å².